The lowest BCUT2D eigenvalue weighted by molar-refractivity contribution is 0.0699. The number of rotatable bonds is 2. The van der Waals surface area contributed by atoms with Crippen LogP contribution >= 0.6 is 0 Å². The first-order valence-corrected chi connectivity index (χ1v) is 5.99. The number of aromatic amines is 1. The highest BCUT2D eigenvalue weighted by molar-refractivity contribution is 6.00. The Labute approximate surface area is 111 Å². The lowest BCUT2D eigenvalue weighted by atomic mass is 9.91. The average molecular weight is 259 g/mol. The number of carbonyl (C=O) groups is 1. The van der Waals surface area contributed by atoms with Gasteiger partial charge in [0.2, 0.25) is 0 Å². The molecular weight excluding hydrogens is 242 g/mol. The van der Waals surface area contributed by atoms with E-state index in [-0.39, 0.29) is 11.4 Å². The highest BCUT2D eigenvalue weighted by atomic mass is 16.4. The van der Waals surface area contributed by atoms with Gasteiger partial charge in [-0.2, -0.15) is 5.10 Å². The van der Waals surface area contributed by atoms with E-state index in [1.54, 1.807) is 0 Å². The standard InChI is InChI=1S/C14H17N3O2/c1-6-5-7(2)9(4)10(8(6)3)12-11(14(18)19)13(15)17-16-12/h5H,1-4H3,(H,18,19)(H3,15,16,17). The van der Waals surface area contributed by atoms with Crippen molar-refractivity contribution in [3.05, 3.63) is 33.9 Å². The Balaban J connectivity index is 2.83. The van der Waals surface area contributed by atoms with E-state index in [9.17, 15) is 9.90 Å². The summed E-state index contributed by atoms with van der Waals surface area (Å²) in [5.74, 6) is -1.06. The van der Waals surface area contributed by atoms with Crippen molar-refractivity contribution in [3.8, 4) is 11.3 Å². The number of anilines is 1. The van der Waals surface area contributed by atoms with Crippen molar-refractivity contribution >= 4 is 11.8 Å². The van der Waals surface area contributed by atoms with E-state index in [1.165, 1.54) is 0 Å². The van der Waals surface area contributed by atoms with Crippen LogP contribution in [0.3, 0.4) is 0 Å². The number of benzene rings is 1. The van der Waals surface area contributed by atoms with E-state index in [4.69, 9.17) is 5.73 Å². The van der Waals surface area contributed by atoms with Gasteiger partial charge in [0.15, 0.2) is 5.82 Å². The van der Waals surface area contributed by atoms with Crippen LogP contribution in [-0.2, 0) is 0 Å². The van der Waals surface area contributed by atoms with Gasteiger partial charge in [0.05, 0.1) is 5.69 Å². The summed E-state index contributed by atoms with van der Waals surface area (Å²) < 4.78 is 0. The van der Waals surface area contributed by atoms with Crippen LogP contribution in [0.25, 0.3) is 11.3 Å². The number of nitrogens with one attached hydrogen (secondary N) is 1. The summed E-state index contributed by atoms with van der Waals surface area (Å²) in [7, 11) is 0. The molecule has 0 spiro atoms. The monoisotopic (exact) mass is 259 g/mol. The second-order valence-corrected chi connectivity index (χ2v) is 4.80. The lowest BCUT2D eigenvalue weighted by Gasteiger charge is -2.14. The summed E-state index contributed by atoms with van der Waals surface area (Å²) in [6.07, 6.45) is 0. The summed E-state index contributed by atoms with van der Waals surface area (Å²) >= 11 is 0. The van der Waals surface area contributed by atoms with Gasteiger partial charge in [-0.3, -0.25) is 5.10 Å². The molecule has 1 heterocycles. The SMILES string of the molecule is Cc1cc(C)c(C)c(-c2[nH]nc(N)c2C(=O)O)c1C. The normalized spacial score (nSPS) is 10.7. The summed E-state index contributed by atoms with van der Waals surface area (Å²) in [5.41, 5.74) is 11.3. The van der Waals surface area contributed by atoms with E-state index >= 15 is 0 Å². The molecular formula is C14H17N3O2. The van der Waals surface area contributed by atoms with Crippen molar-refractivity contribution in [2.24, 2.45) is 0 Å². The second-order valence-electron chi connectivity index (χ2n) is 4.80. The molecule has 1 aromatic carbocycles. The van der Waals surface area contributed by atoms with Gasteiger partial charge in [-0.1, -0.05) is 6.07 Å². The van der Waals surface area contributed by atoms with E-state index in [0.717, 1.165) is 27.8 Å². The summed E-state index contributed by atoms with van der Waals surface area (Å²) in [6, 6.07) is 2.09. The lowest BCUT2D eigenvalue weighted by Crippen LogP contribution is -2.04. The topological polar surface area (TPSA) is 92.0 Å². The zero-order valence-electron chi connectivity index (χ0n) is 11.5. The number of carboxylic acids is 1. The van der Waals surface area contributed by atoms with Crippen molar-refractivity contribution in [1.82, 2.24) is 10.2 Å². The van der Waals surface area contributed by atoms with Crippen LogP contribution in [0.4, 0.5) is 5.82 Å². The predicted molar refractivity (Wildman–Crippen MR) is 74.3 cm³/mol. The minimum atomic E-state index is -1.07. The van der Waals surface area contributed by atoms with E-state index in [2.05, 4.69) is 16.3 Å². The number of hydrogen-bond acceptors (Lipinski definition) is 3. The zero-order chi connectivity index (χ0) is 14.3. The van der Waals surface area contributed by atoms with Crippen LogP contribution in [0, 0.1) is 27.7 Å². The number of nitrogens with two attached hydrogens (primary N) is 1. The molecule has 0 fully saturated rings. The number of aromatic nitrogens is 2. The molecule has 1 aromatic heterocycles. The highest BCUT2D eigenvalue weighted by Crippen LogP contribution is 2.34. The molecule has 0 aliphatic carbocycles. The Hall–Kier alpha value is -2.30. The number of nitrogens with zero attached hydrogens (tertiary/aromatic N) is 1. The molecule has 5 nitrogen and oxygen atoms in total. The van der Waals surface area contributed by atoms with Crippen LogP contribution < -0.4 is 5.73 Å². The Morgan fingerprint density at radius 2 is 1.74 bits per heavy atom. The van der Waals surface area contributed by atoms with Gasteiger partial charge >= 0.3 is 5.97 Å². The minimum absolute atomic E-state index is 0.0143. The zero-order valence-corrected chi connectivity index (χ0v) is 11.5. The van der Waals surface area contributed by atoms with Crippen molar-refractivity contribution in [2.75, 3.05) is 5.73 Å². The molecule has 0 saturated heterocycles. The predicted octanol–water partition coefficient (Wildman–Crippen LogP) is 2.59. The molecule has 0 radical (unpaired) electrons. The van der Waals surface area contributed by atoms with Crippen LogP contribution in [0.2, 0.25) is 0 Å². The molecule has 2 rings (SSSR count). The largest absolute Gasteiger partial charge is 0.477 e. The average Bonchev–Trinajstić information content (AvgIpc) is 2.69. The molecule has 0 bridgehead atoms. The van der Waals surface area contributed by atoms with Gasteiger partial charge < -0.3 is 10.8 Å². The van der Waals surface area contributed by atoms with Crippen molar-refractivity contribution in [2.45, 2.75) is 27.7 Å². The van der Waals surface area contributed by atoms with Crippen LogP contribution in [0.1, 0.15) is 32.6 Å². The molecule has 19 heavy (non-hydrogen) atoms. The quantitative estimate of drug-likeness (QED) is 0.773. The van der Waals surface area contributed by atoms with Crippen LogP contribution in [0.15, 0.2) is 6.07 Å². The molecule has 0 aliphatic heterocycles. The number of aromatic carboxylic acids is 1. The van der Waals surface area contributed by atoms with E-state index in [1.807, 2.05) is 27.7 Å². The third-order valence-corrected chi connectivity index (χ3v) is 3.62. The first-order valence-electron chi connectivity index (χ1n) is 5.99. The Bertz CT molecular complexity index is 646. The molecule has 5 heteroatoms. The molecule has 0 saturated carbocycles. The van der Waals surface area contributed by atoms with Crippen molar-refractivity contribution in [3.63, 3.8) is 0 Å². The van der Waals surface area contributed by atoms with Gasteiger partial charge in [-0.05, 0) is 49.9 Å². The van der Waals surface area contributed by atoms with Crippen LogP contribution in [-0.4, -0.2) is 21.3 Å². The number of hydrogen-bond donors (Lipinski definition) is 3. The maximum Gasteiger partial charge on any atom is 0.341 e. The van der Waals surface area contributed by atoms with Gasteiger partial charge in [0.25, 0.3) is 0 Å². The number of H-pyrrole nitrogens is 1. The smallest absolute Gasteiger partial charge is 0.341 e. The van der Waals surface area contributed by atoms with Gasteiger partial charge in [-0.25, -0.2) is 4.79 Å². The van der Waals surface area contributed by atoms with Gasteiger partial charge in [0, 0.05) is 5.56 Å². The van der Waals surface area contributed by atoms with Crippen LogP contribution in [0.5, 0.6) is 0 Å². The molecule has 0 aliphatic rings. The third kappa shape index (κ3) is 1.97. The Morgan fingerprint density at radius 3 is 2.21 bits per heavy atom. The molecule has 0 atom stereocenters. The van der Waals surface area contributed by atoms with Crippen molar-refractivity contribution < 1.29 is 9.90 Å². The van der Waals surface area contributed by atoms with Crippen molar-refractivity contribution in [1.29, 1.82) is 0 Å². The summed E-state index contributed by atoms with van der Waals surface area (Å²) in [5, 5.41) is 15.9. The Morgan fingerprint density at radius 1 is 1.21 bits per heavy atom. The number of nitrogen functional groups attached to an aromatic ring is 1. The van der Waals surface area contributed by atoms with Gasteiger partial charge in [0.1, 0.15) is 5.56 Å². The first-order chi connectivity index (χ1) is 8.84. The third-order valence-electron chi connectivity index (χ3n) is 3.62. The number of aryl methyl sites for hydroxylation is 2. The maximum atomic E-state index is 11.3. The molecule has 0 amide bonds. The molecule has 4 N–H and O–H groups in total. The fourth-order valence-corrected chi connectivity index (χ4v) is 2.35. The van der Waals surface area contributed by atoms with E-state index in [0.29, 0.717) is 5.69 Å². The highest BCUT2D eigenvalue weighted by Gasteiger charge is 2.22. The molecule has 2 aromatic rings. The summed E-state index contributed by atoms with van der Waals surface area (Å²) in [6.45, 7) is 7.95. The first kappa shape index (κ1) is 13.1. The second kappa shape index (κ2) is 4.42. The number of carboxylic acid groups (broad SMARTS) is 1. The minimum Gasteiger partial charge on any atom is -0.477 e. The fraction of sp³-hybridized carbons (Fsp3) is 0.286. The fourth-order valence-electron chi connectivity index (χ4n) is 2.35. The maximum absolute atomic E-state index is 11.3. The molecule has 0 unspecified atom stereocenters. The van der Waals surface area contributed by atoms with E-state index < -0.39 is 5.97 Å². The van der Waals surface area contributed by atoms with Gasteiger partial charge in [-0.15, -0.1) is 0 Å². The Kier molecular flexibility index (Phi) is 3.06. The molecule has 100 valence electrons. The summed E-state index contributed by atoms with van der Waals surface area (Å²) in [4.78, 5) is 11.3.